The standard InChI is InChI=1S/C15H21N/c1-15(2,3)11-6-4-5-10(7-11)14-12-8-16-9-13(12)14/h4-7,12-14,16H,8-9H2,1-3H3. The molecule has 1 aromatic rings. The van der Waals surface area contributed by atoms with E-state index in [1.54, 1.807) is 5.56 Å². The Hall–Kier alpha value is -0.820. The highest BCUT2D eigenvalue weighted by atomic mass is 15.0. The summed E-state index contributed by atoms with van der Waals surface area (Å²) in [7, 11) is 0. The van der Waals surface area contributed by atoms with Gasteiger partial charge in [-0.25, -0.2) is 0 Å². The van der Waals surface area contributed by atoms with Crippen molar-refractivity contribution in [3.63, 3.8) is 0 Å². The van der Waals surface area contributed by atoms with Crippen molar-refractivity contribution in [2.75, 3.05) is 13.1 Å². The van der Waals surface area contributed by atoms with Crippen molar-refractivity contribution in [3.05, 3.63) is 35.4 Å². The number of fused-ring (bicyclic) bond motifs is 1. The molecule has 1 saturated carbocycles. The van der Waals surface area contributed by atoms with Crippen LogP contribution in [0.1, 0.15) is 37.8 Å². The second-order valence-electron chi connectivity index (χ2n) is 6.39. The maximum atomic E-state index is 3.47. The van der Waals surface area contributed by atoms with Crippen LogP contribution < -0.4 is 5.32 Å². The molecule has 1 aromatic carbocycles. The zero-order chi connectivity index (χ0) is 11.3. The molecule has 0 radical (unpaired) electrons. The number of nitrogens with one attached hydrogen (secondary N) is 1. The van der Waals surface area contributed by atoms with Crippen LogP contribution in [-0.2, 0) is 5.41 Å². The van der Waals surface area contributed by atoms with Crippen LogP contribution in [0, 0.1) is 11.8 Å². The molecule has 0 aromatic heterocycles. The van der Waals surface area contributed by atoms with Crippen molar-refractivity contribution in [2.45, 2.75) is 32.1 Å². The van der Waals surface area contributed by atoms with E-state index in [1.807, 2.05) is 0 Å². The van der Waals surface area contributed by atoms with Crippen LogP contribution in [0.5, 0.6) is 0 Å². The van der Waals surface area contributed by atoms with Crippen molar-refractivity contribution in [1.82, 2.24) is 5.32 Å². The first-order valence-corrected chi connectivity index (χ1v) is 6.38. The molecule has 2 unspecified atom stereocenters. The highest BCUT2D eigenvalue weighted by Crippen LogP contribution is 2.55. The fourth-order valence-electron chi connectivity index (χ4n) is 3.13. The first-order chi connectivity index (χ1) is 7.57. The first-order valence-electron chi connectivity index (χ1n) is 6.38. The van der Waals surface area contributed by atoms with Crippen molar-refractivity contribution in [2.24, 2.45) is 11.8 Å². The van der Waals surface area contributed by atoms with E-state index in [1.165, 1.54) is 18.7 Å². The third-order valence-corrected chi connectivity index (χ3v) is 4.23. The van der Waals surface area contributed by atoms with Gasteiger partial charge in [-0.15, -0.1) is 0 Å². The van der Waals surface area contributed by atoms with E-state index >= 15 is 0 Å². The van der Waals surface area contributed by atoms with Gasteiger partial charge in [0.15, 0.2) is 0 Å². The molecule has 0 spiro atoms. The van der Waals surface area contributed by atoms with Gasteiger partial charge >= 0.3 is 0 Å². The summed E-state index contributed by atoms with van der Waals surface area (Å²) in [6.07, 6.45) is 0. The van der Waals surface area contributed by atoms with E-state index in [4.69, 9.17) is 0 Å². The second kappa shape index (κ2) is 3.33. The van der Waals surface area contributed by atoms with Crippen LogP contribution in [-0.4, -0.2) is 13.1 Å². The van der Waals surface area contributed by atoms with E-state index < -0.39 is 0 Å². The third-order valence-electron chi connectivity index (χ3n) is 4.23. The SMILES string of the molecule is CC(C)(C)c1cccc(C2C3CNCC32)c1. The normalized spacial score (nSPS) is 32.6. The molecule has 3 rings (SSSR count). The van der Waals surface area contributed by atoms with Crippen LogP contribution in [0.25, 0.3) is 0 Å². The van der Waals surface area contributed by atoms with Gasteiger partial charge in [0.1, 0.15) is 0 Å². The summed E-state index contributed by atoms with van der Waals surface area (Å²) in [6, 6.07) is 9.25. The minimum absolute atomic E-state index is 0.276. The Labute approximate surface area is 98.3 Å². The maximum absolute atomic E-state index is 3.47. The molecule has 86 valence electrons. The zero-order valence-electron chi connectivity index (χ0n) is 10.5. The molecular formula is C15H21N. The minimum atomic E-state index is 0.276. The van der Waals surface area contributed by atoms with E-state index in [2.05, 4.69) is 50.4 Å². The van der Waals surface area contributed by atoms with Crippen LogP contribution >= 0.6 is 0 Å². The molecule has 1 saturated heterocycles. The van der Waals surface area contributed by atoms with Gasteiger partial charge in [-0.2, -0.15) is 0 Å². The first kappa shape index (κ1) is 10.3. The maximum Gasteiger partial charge on any atom is -0.00111 e. The summed E-state index contributed by atoms with van der Waals surface area (Å²) < 4.78 is 0. The lowest BCUT2D eigenvalue weighted by Crippen LogP contribution is -2.15. The summed E-state index contributed by atoms with van der Waals surface area (Å²) in [5, 5.41) is 3.47. The molecule has 0 bridgehead atoms. The second-order valence-corrected chi connectivity index (χ2v) is 6.39. The number of piperidine rings is 1. The average Bonchev–Trinajstić information content (AvgIpc) is 2.72. The number of benzene rings is 1. The lowest BCUT2D eigenvalue weighted by atomic mass is 9.85. The molecule has 1 heterocycles. The topological polar surface area (TPSA) is 12.0 Å². The van der Waals surface area contributed by atoms with Crippen molar-refractivity contribution in [3.8, 4) is 0 Å². The van der Waals surface area contributed by atoms with Crippen LogP contribution in [0.15, 0.2) is 24.3 Å². The van der Waals surface area contributed by atoms with Crippen LogP contribution in [0.2, 0.25) is 0 Å². The van der Waals surface area contributed by atoms with Crippen molar-refractivity contribution < 1.29 is 0 Å². The zero-order valence-corrected chi connectivity index (χ0v) is 10.5. The third kappa shape index (κ3) is 1.58. The van der Waals surface area contributed by atoms with Crippen molar-refractivity contribution >= 4 is 0 Å². The van der Waals surface area contributed by atoms with Crippen LogP contribution in [0.3, 0.4) is 0 Å². The number of rotatable bonds is 1. The van der Waals surface area contributed by atoms with Crippen molar-refractivity contribution in [1.29, 1.82) is 0 Å². The Kier molecular flexibility index (Phi) is 2.16. The molecule has 16 heavy (non-hydrogen) atoms. The molecule has 2 aliphatic rings. The lowest BCUT2D eigenvalue weighted by Gasteiger charge is -2.20. The van der Waals surface area contributed by atoms with E-state index in [0.717, 1.165) is 17.8 Å². The van der Waals surface area contributed by atoms with Gasteiger partial charge in [-0.05, 0) is 47.4 Å². The molecule has 1 nitrogen and oxygen atoms in total. The van der Waals surface area contributed by atoms with Gasteiger partial charge in [0.25, 0.3) is 0 Å². The summed E-state index contributed by atoms with van der Waals surface area (Å²) in [5.74, 6) is 2.70. The molecule has 2 atom stereocenters. The minimum Gasteiger partial charge on any atom is -0.316 e. The molecule has 1 heteroatoms. The van der Waals surface area contributed by atoms with E-state index in [9.17, 15) is 0 Å². The molecular weight excluding hydrogens is 194 g/mol. The van der Waals surface area contributed by atoms with Gasteiger partial charge in [0.05, 0.1) is 0 Å². The van der Waals surface area contributed by atoms with E-state index in [-0.39, 0.29) is 5.41 Å². The lowest BCUT2D eigenvalue weighted by molar-refractivity contribution is 0.588. The predicted molar refractivity (Wildman–Crippen MR) is 67.7 cm³/mol. The monoisotopic (exact) mass is 215 g/mol. The van der Waals surface area contributed by atoms with Gasteiger partial charge in [0.2, 0.25) is 0 Å². The van der Waals surface area contributed by atoms with Gasteiger partial charge in [-0.1, -0.05) is 45.0 Å². The molecule has 1 aliphatic carbocycles. The Morgan fingerprint density at radius 2 is 1.81 bits per heavy atom. The van der Waals surface area contributed by atoms with Gasteiger partial charge < -0.3 is 5.32 Å². The Balaban J connectivity index is 1.87. The Morgan fingerprint density at radius 1 is 1.12 bits per heavy atom. The molecule has 0 amide bonds. The van der Waals surface area contributed by atoms with Gasteiger partial charge in [0, 0.05) is 0 Å². The summed E-state index contributed by atoms with van der Waals surface area (Å²) in [6.45, 7) is 9.34. The fraction of sp³-hybridized carbons (Fsp3) is 0.600. The summed E-state index contributed by atoms with van der Waals surface area (Å²) >= 11 is 0. The predicted octanol–water partition coefficient (Wildman–Crippen LogP) is 2.92. The van der Waals surface area contributed by atoms with Crippen LogP contribution in [0.4, 0.5) is 0 Å². The average molecular weight is 215 g/mol. The van der Waals surface area contributed by atoms with Gasteiger partial charge in [-0.3, -0.25) is 0 Å². The fourth-order valence-corrected chi connectivity index (χ4v) is 3.13. The number of hydrogen-bond donors (Lipinski definition) is 1. The highest BCUT2D eigenvalue weighted by molar-refractivity contribution is 5.36. The summed E-state index contributed by atoms with van der Waals surface area (Å²) in [5.41, 5.74) is 3.32. The quantitative estimate of drug-likeness (QED) is 0.759. The molecule has 1 N–H and O–H groups in total. The largest absolute Gasteiger partial charge is 0.316 e. The Morgan fingerprint density at radius 3 is 2.44 bits per heavy atom. The number of hydrogen-bond acceptors (Lipinski definition) is 1. The molecule has 2 fully saturated rings. The molecule has 1 aliphatic heterocycles. The smallest absolute Gasteiger partial charge is 0.00111 e. The highest BCUT2D eigenvalue weighted by Gasteiger charge is 2.53. The summed E-state index contributed by atoms with van der Waals surface area (Å²) in [4.78, 5) is 0. The Bertz CT molecular complexity index is 392. The van der Waals surface area contributed by atoms with E-state index in [0.29, 0.717) is 0 Å².